The highest BCUT2D eigenvalue weighted by molar-refractivity contribution is 5.97. The summed E-state index contributed by atoms with van der Waals surface area (Å²) >= 11 is 0. The molecule has 0 radical (unpaired) electrons. The van der Waals surface area contributed by atoms with Crippen LogP contribution in [0.3, 0.4) is 0 Å². The standard InChI is InChI=1S/C17H26N2O/c1-17(11-6-3-7-12-17)16(20)19(14-8-13-18)15-9-4-2-5-10-15/h2,4-5,9-10H,3,6-8,11-14,18H2,1H3. The lowest BCUT2D eigenvalue weighted by Gasteiger charge is -2.37. The maximum Gasteiger partial charge on any atom is 0.232 e. The van der Waals surface area contributed by atoms with Crippen LogP contribution in [0, 0.1) is 5.41 Å². The van der Waals surface area contributed by atoms with E-state index in [9.17, 15) is 4.79 Å². The number of amides is 1. The molecule has 20 heavy (non-hydrogen) atoms. The second kappa shape index (κ2) is 6.89. The summed E-state index contributed by atoms with van der Waals surface area (Å²) in [5.41, 5.74) is 6.43. The molecular weight excluding hydrogens is 248 g/mol. The van der Waals surface area contributed by atoms with Crippen LogP contribution in [0.15, 0.2) is 30.3 Å². The highest BCUT2D eigenvalue weighted by atomic mass is 16.2. The first-order chi connectivity index (χ1) is 9.67. The van der Waals surface area contributed by atoms with Crippen LogP contribution in [0.25, 0.3) is 0 Å². The summed E-state index contributed by atoms with van der Waals surface area (Å²) < 4.78 is 0. The van der Waals surface area contributed by atoms with Crippen molar-refractivity contribution < 1.29 is 4.79 Å². The third-order valence-electron chi connectivity index (χ3n) is 4.37. The minimum absolute atomic E-state index is 0.192. The molecule has 1 aromatic rings. The van der Waals surface area contributed by atoms with Gasteiger partial charge < -0.3 is 10.6 Å². The fourth-order valence-corrected chi connectivity index (χ4v) is 3.08. The van der Waals surface area contributed by atoms with E-state index in [4.69, 9.17) is 5.73 Å². The topological polar surface area (TPSA) is 46.3 Å². The van der Waals surface area contributed by atoms with Crippen molar-refractivity contribution in [3.63, 3.8) is 0 Å². The van der Waals surface area contributed by atoms with E-state index < -0.39 is 0 Å². The summed E-state index contributed by atoms with van der Waals surface area (Å²) in [6.45, 7) is 3.47. The molecule has 110 valence electrons. The Morgan fingerprint density at radius 1 is 1.20 bits per heavy atom. The van der Waals surface area contributed by atoms with Crippen LogP contribution in [-0.2, 0) is 4.79 Å². The summed E-state index contributed by atoms with van der Waals surface area (Å²) in [5.74, 6) is 0.275. The molecule has 0 saturated heterocycles. The molecule has 0 spiro atoms. The second-order valence-corrected chi connectivity index (χ2v) is 6.06. The van der Waals surface area contributed by atoms with Gasteiger partial charge in [0.2, 0.25) is 5.91 Å². The molecule has 1 amide bonds. The monoisotopic (exact) mass is 274 g/mol. The van der Waals surface area contributed by atoms with Crippen LogP contribution in [0.5, 0.6) is 0 Å². The van der Waals surface area contributed by atoms with Crippen LogP contribution in [0.2, 0.25) is 0 Å². The van der Waals surface area contributed by atoms with E-state index in [1.54, 1.807) is 0 Å². The number of rotatable bonds is 5. The lowest BCUT2D eigenvalue weighted by atomic mass is 9.74. The highest BCUT2D eigenvalue weighted by Gasteiger charge is 2.37. The van der Waals surface area contributed by atoms with Crippen molar-refractivity contribution in [1.82, 2.24) is 0 Å². The summed E-state index contributed by atoms with van der Waals surface area (Å²) in [6, 6.07) is 9.99. The lowest BCUT2D eigenvalue weighted by molar-refractivity contribution is -0.129. The summed E-state index contributed by atoms with van der Waals surface area (Å²) in [6.07, 6.45) is 6.47. The first kappa shape index (κ1) is 15.0. The van der Waals surface area contributed by atoms with Crippen LogP contribution in [-0.4, -0.2) is 19.0 Å². The van der Waals surface area contributed by atoms with Gasteiger partial charge in [0.15, 0.2) is 0 Å². The van der Waals surface area contributed by atoms with Crippen LogP contribution in [0.1, 0.15) is 45.4 Å². The summed E-state index contributed by atoms with van der Waals surface area (Å²) in [5, 5.41) is 0. The van der Waals surface area contributed by atoms with Gasteiger partial charge in [-0.2, -0.15) is 0 Å². The Kier molecular flexibility index (Phi) is 5.18. The maximum absolute atomic E-state index is 13.0. The summed E-state index contributed by atoms with van der Waals surface area (Å²) in [7, 11) is 0. The number of hydrogen-bond acceptors (Lipinski definition) is 2. The van der Waals surface area contributed by atoms with Gasteiger partial charge in [-0.3, -0.25) is 4.79 Å². The molecule has 1 aliphatic carbocycles. The lowest BCUT2D eigenvalue weighted by Crippen LogP contribution is -2.44. The van der Waals surface area contributed by atoms with Gasteiger partial charge in [0.25, 0.3) is 0 Å². The van der Waals surface area contributed by atoms with E-state index in [2.05, 4.69) is 6.92 Å². The molecule has 1 fully saturated rings. The maximum atomic E-state index is 13.0. The number of benzene rings is 1. The van der Waals surface area contributed by atoms with Crippen molar-refractivity contribution in [1.29, 1.82) is 0 Å². The molecule has 1 saturated carbocycles. The zero-order valence-corrected chi connectivity index (χ0v) is 12.5. The molecule has 0 heterocycles. The van der Waals surface area contributed by atoms with Crippen molar-refractivity contribution in [2.75, 3.05) is 18.0 Å². The quantitative estimate of drug-likeness (QED) is 0.895. The van der Waals surface area contributed by atoms with Gasteiger partial charge in [-0.05, 0) is 37.9 Å². The molecule has 0 aliphatic heterocycles. The minimum atomic E-state index is -0.192. The van der Waals surface area contributed by atoms with Gasteiger partial charge in [0.05, 0.1) is 0 Å². The molecule has 1 aromatic carbocycles. The van der Waals surface area contributed by atoms with Crippen LogP contribution >= 0.6 is 0 Å². The van der Waals surface area contributed by atoms with E-state index in [0.717, 1.165) is 31.5 Å². The Bertz CT molecular complexity index is 424. The molecule has 2 N–H and O–H groups in total. The van der Waals surface area contributed by atoms with Gasteiger partial charge >= 0.3 is 0 Å². The first-order valence-corrected chi connectivity index (χ1v) is 7.74. The van der Waals surface area contributed by atoms with Crippen molar-refractivity contribution in [3.05, 3.63) is 30.3 Å². The van der Waals surface area contributed by atoms with E-state index in [-0.39, 0.29) is 11.3 Å². The molecule has 0 unspecified atom stereocenters. The SMILES string of the molecule is CC1(C(=O)N(CCCN)c2ccccc2)CCCCC1. The minimum Gasteiger partial charge on any atom is -0.330 e. The predicted octanol–water partition coefficient (Wildman–Crippen LogP) is 3.34. The van der Waals surface area contributed by atoms with Gasteiger partial charge in [-0.25, -0.2) is 0 Å². The summed E-state index contributed by atoms with van der Waals surface area (Å²) in [4.78, 5) is 15.0. The highest BCUT2D eigenvalue weighted by Crippen LogP contribution is 2.38. The Morgan fingerprint density at radius 2 is 1.85 bits per heavy atom. The molecule has 1 aliphatic rings. The van der Waals surface area contributed by atoms with Gasteiger partial charge in [-0.15, -0.1) is 0 Å². The Hall–Kier alpha value is -1.35. The van der Waals surface area contributed by atoms with Crippen molar-refractivity contribution in [2.45, 2.75) is 45.4 Å². The molecule has 0 atom stereocenters. The number of anilines is 1. The van der Waals surface area contributed by atoms with Crippen LogP contribution < -0.4 is 10.6 Å². The van der Waals surface area contributed by atoms with E-state index in [1.165, 1.54) is 19.3 Å². The van der Waals surface area contributed by atoms with Gasteiger partial charge in [0.1, 0.15) is 0 Å². The van der Waals surface area contributed by atoms with Crippen LogP contribution in [0.4, 0.5) is 5.69 Å². The molecule has 0 bridgehead atoms. The normalized spacial score (nSPS) is 17.7. The third kappa shape index (κ3) is 3.40. The van der Waals surface area contributed by atoms with Crippen molar-refractivity contribution >= 4 is 11.6 Å². The van der Waals surface area contributed by atoms with E-state index in [0.29, 0.717) is 6.54 Å². The Morgan fingerprint density at radius 3 is 2.45 bits per heavy atom. The fourth-order valence-electron chi connectivity index (χ4n) is 3.08. The zero-order chi connectivity index (χ0) is 14.4. The largest absolute Gasteiger partial charge is 0.330 e. The number of carbonyl (C=O) groups is 1. The molecular formula is C17H26N2O. The number of hydrogen-bond donors (Lipinski definition) is 1. The smallest absolute Gasteiger partial charge is 0.232 e. The second-order valence-electron chi connectivity index (χ2n) is 6.06. The molecule has 3 nitrogen and oxygen atoms in total. The third-order valence-corrected chi connectivity index (χ3v) is 4.37. The van der Waals surface area contributed by atoms with E-state index in [1.807, 2.05) is 35.2 Å². The fraction of sp³-hybridized carbons (Fsp3) is 0.588. The molecule has 2 rings (SSSR count). The average molecular weight is 274 g/mol. The average Bonchev–Trinajstić information content (AvgIpc) is 2.49. The number of nitrogens with two attached hydrogens (primary N) is 1. The zero-order valence-electron chi connectivity index (χ0n) is 12.5. The molecule has 3 heteroatoms. The van der Waals surface area contributed by atoms with E-state index >= 15 is 0 Å². The van der Waals surface area contributed by atoms with Crippen molar-refractivity contribution in [3.8, 4) is 0 Å². The number of nitrogens with zero attached hydrogens (tertiary/aromatic N) is 1. The Labute approximate surface area is 122 Å². The number of carbonyl (C=O) groups excluding carboxylic acids is 1. The predicted molar refractivity (Wildman–Crippen MR) is 83.7 cm³/mol. The molecule has 0 aromatic heterocycles. The number of para-hydroxylation sites is 1. The van der Waals surface area contributed by atoms with Gasteiger partial charge in [0, 0.05) is 17.6 Å². The van der Waals surface area contributed by atoms with Gasteiger partial charge in [-0.1, -0.05) is 44.4 Å². The first-order valence-electron chi connectivity index (χ1n) is 7.74. The van der Waals surface area contributed by atoms with Crippen molar-refractivity contribution in [2.24, 2.45) is 11.1 Å². The Balaban J connectivity index is 2.19.